The fourth-order valence-corrected chi connectivity index (χ4v) is 2.28. The van der Waals surface area contributed by atoms with Gasteiger partial charge in [0.15, 0.2) is 0 Å². The zero-order chi connectivity index (χ0) is 13.8. The first-order chi connectivity index (χ1) is 9.08. The van der Waals surface area contributed by atoms with Crippen molar-refractivity contribution >= 4 is 22.6 Å². The summed E-state index contributed by atoms with van der Waals surface area (Å²) in [7, 11) is 0. The van der Waals surface area contributed by atoms with E-state index in [0.29, 0.717) is 16.2 Å². The summed E-state index contributed by atoms with van der Waals surface area (Å²) in [6.45, 7) is 1.75. The van der Waals surface area contributed by atoms with E-state index in [0.717, 1.165) is 11.8 Å². The molecule has 0 aliphatic heterocycles. The van der Waals surface area contributed by atoms with Crippen LogP contribution in [0.3, 0.4) is 0 Å². The first-order valence-corrected chi connectivity index (χ1v) is 6.28. The van der Waals surface area contributed by atoms with Gasteiger partial charge in [-0.15, -0.1) is 0 Å². The number of thioether (sulfide) groups is 1. The number of hydrogen-bond donors (Lipinski definition) is 0. The van der Waals surface area contributed by atoms with Crippen LogP contribution in [-0.4, -0.2) is 15.0 Å². The molecular formula is C13H10N2O3S. The van der Waals surface area contributed by atoms with E-state index >= 15 is 0 Å². The van der Waals surface area contributed by atoms with Crippen LogP contribution in [0.2, 0.25) is 0 Å². The third kappa shape index (κ3) is 3.17. The summed E-state index contributed by atoms with van der Waals surface area (Å²) in [5, 5.41) is 11.0. The van der Waals surface area contributed by atoms with Gasteiger partial charge in [-0.05, 0) is 36.4 Å². The highest BCUT2D eigenvalue weighted by atomic mass is 32.2. The van der Waals surface area contributed by atoms with Crippen molar-refractivity contribution in [3.8, 4) is 0 Å². The van der Waals surface area contributed by atoms with Crippen molar-refractivity contribution in [2.24, 2.45) is 0 Å². The third-order valence-corrected chi connectivity index (χ3v) is 3.34. The van der Waals surface area contributed by atoms with Gasteiger partial charge in [0, 0.05) is 23.9 Å². The minimum absolute atomic E-state index is 0.0874. The summed E-state index contributed by atoms with van der Waals surface area (Å²) >= 11 is 0.959. The molecule has 2 rings (SSSR count). The topological polar surface area (TPSA) is 73.1 Å². The number of nitro benzene ring substituents is 1. The largest absolute Gasteiger partial charge is 0.281 e. The highest BCUT2D eigenvalue weighted by Gasteiger charge is 2.16. The second-order valence-electron chi connectivity index (χ2n) is 3.81. The Kier molecular flexibility index (Phi) is 3.91. The fourth-order valence-electron chi connectivity index (χ4n) is 1.50. The van der Waals surface area contributed by atoms with E-state index in [9.17, 15) is 14.9 Å². The smallest absolute Gasteiger partial charge is 0.270 e. The van der Waals surface area contributed by atoms with Gasteiger partial charge >= 0.3 is 0 Å². The average Bonchev–Trinajstić information content (AvgIpc) is 2.40. The van der Waals surface area contributed by atoms with Crippen molar-refractivity contribution in [2.45, 2.75) is 11.9 Å². The van der Waals surface area contributed by atoms with Crippen molar-refractivity contribution in [3.63, 3.8) is 0 Å². The lowest BCUT2D eigenvalue weighted by atomic mass is 10.1. The molecule has 0 saturated heterocycles. The summed E-state index contributed by atoms with van der Waals surface area (Å²) in [4.78, 5) is 26.4. The Morgan fingerprint density at radius 3 is 2.74 bits per heavy atom. The van der Waals surface area contributed by atoms with E-state index in [2.05, 4.69) is 4.98 Å². The van der Waals surface area contributed by atoms with Gasteiger partial charge in [0.25, 0.3) is 5.69 Å². The number of carbonyl (C=O) groups excluding carboxylic acids is 1. The van der Waals surface area contributed by atoms with Crippen LogP contribution < -0.4 is 0 Å². The van der Waals surface area contributed by atoms with Crippen LogP contribution in [-0.2, 0) is 0 Å². The van der Waals surface area contributed by atoms with Crippen LogP contribution in [0.4, 0.5) is 5.69 Å². The molecule has 5 nitrogen and oxygen atoms in total. The molecule has 0 aliphatic carbocycles. The van der Waals surface area contributed by atoms with Gasteiger partial charge in [-0.1, -0.05) is 12.1 Å². The number of pyridine rings is 1. The monoisotopic (exact) mass is 274 g/mol. The van der Waals surface area contributed by atoms with E-state index in [4.69, 9.17) is 0 Å². The standard InChI is InChI=1S/C13H10N2O3S/c1-9-5-6-10(15(17)18)8-11(9)13(16)19-12-4-2-3-7-14-12/h2-8H,1H3. The number of nitrogens with zero attached hydrogens (tertiary/aromatic N) is 2. The van der Waals surface area contributed by atoms with Gasteiger partial charge < -0.3 is 0 Å². The lowest BCUT2D eigenvalue weighted by molar-refractivity contribution is -0.384. The molecule has 0 fully saturated rings. The molecule has 6 heteroatoms. The lowest BCUT2D eigenvalue weighted by Gasteiger charge is -2.04. The summed E-state index contributed by atoms with van der Waals surface area (Å²) in [6, 6.07) is 9.51. The number of carbonyl (C=O) groups is 1. The fraction of sp³-hybridized carbons (Fsp3) is 0.0769. The molecule has 0 radical (unpaired) electrons. The molecule has 2 aromatic rings. The summed E-state index contributed by atoms with van der Waals surface area (Å²) in [6.07, 6.45) is 1.59. The van der Waals surface area contributed by atoms with Crippen molar-refractivity contribution in [1.29, 1.82) is 0 Å². The minimum atomic E-state index is -0.512. The molecule has 0 N–H and O–H groups in total. The molecule has 1 heterocycles. The van der Waals surface area contributed by atoms with Crippen molar-refractivity contribution in [3.05, 3.63) is 63.8 Å². The second-order valence-corrected chi connectivity index (χ2v) is 4.81. The molecule has 1 aromatic heterocycles. The van der Waals surface area contributed by atoms with Crippen LogP contribution in [0.25, 0.3) is 0 Å². The summed E-state index contributed by atoms with van der Waals surface area (Å²) in [5.41, 5.74) is 0.958. The van der Waals surface area contributed by atoms with E-state index in [1.165, 1.54) is 12.1 Å². The van der Waals surface area contributed by atoms with E-state index in [-0.39, 0.29) is 10.8 Å². The molecule has 0 spiro atoms. The maximum absolute atomic E-state index is 12.1. The van der Waals surface area contributed by atoms with Crippen LogP contribution in [0, 0.1) is 17.0 Å². The number of nitro groups is 1. The maximum atomic E-state index is 12.1. The third-order valence-electron chi connectivity index (χ3n) is 2.49. The van der Waals surface area contributed by atoms with Gasteiger partial charge in [-0.2, -0.15) is 0 Å². The Morgan fingerprint density at radius 2 is 2.11 bits per heavy atom. The SMILES string of the molecule is Cc1ccc([N+](=O)[O-])cc1C(=O)Sc1ccccn1. The molecular weight excluding hydrogens is 264 g/mol. The van der Waals surface area contributed by atoms with Crippen LogP contribution >= 0.6 is 11.8 Å². The van der Waals surface area contributed by atoms with Crippen LogP contribution in [0.5, 0.6) is 0 Å². The molecule has 0 atom stereocenters. The average molecular weight is 274 g/mol. The molecule has 0 saturated carbocycles. The van der Waals surface area contributed by atoms with E-state index < -0.39 is 4.92 Å². The molecule has 0 unspecified atom stereocenters. The second kappa shape index (κ2) is 5.62. The lowest BCUT2D eigenvalue weighted by Crippen LogP contribution is -1.99. The summed E-state index contributed by atoms with van der Waals surface area (Å²) in [5.74, 6) is 0. The van der Waals surface area contributed by atoms with E-state index in [1.807, 2.05) is 0 Å². The van der Waals surface area contributed by atoms with Crippen LogP contribution in [0.15, 0.2) is 47.6 Å². The van der Waals surface area contributed by atoms with E-state index in [1.54, 1.807) is 37.4 Å². The Morgan fingerprint density at radius 1 is 1.32 bits per heavy atom. The van der Waals surface area contributed by atoms with Gasteiger partial charge in [0.2, 0.25) is 5.12 Å². The molecule has 19 heavy (non-hydrogen) atoms. The first kappa shape index (κ1) is 13.2. The summed E-state index contributed by atoms with van der Waals surface area (Å²) < 4.78 is 0. The Hall–Kier alpha value is -2.21. The highest BCUT2D eigenvalue weighted by Crippen LogP contribution is 2.25. The number of non-ortho nitro benzene ring substituents is 1. The van der Waals surface area contributed by atoms with Crippen molar-refractivity contribution in [1.82, 2.24) is 4.98 Å². The van der Waals surface area contributed by atoms with Gasteiger partial charge in [-0.3, -0.25) is 14.9 Å². The number of benzene rings is 1. The molecule has 0 bridgehead atoms. The quantitative estimate of drug-likeness (QED) is 0.488. The van der Waals surface area contributed by atoms with Gasteiger partial charge in [0.1, 0.15) is 5.03 Å². The zero-order valence-corrected chi connectivity index (χ0v) is 10.9. The molecule has 0 aliphatic rings. The van der Waals surface area contributed by atoms with Gasteiger partial charge in [0.05, 0.1) is 4.92 Å². The highest BCUT2D eigenvalue weighted by molar-refractivity contribution is 8.14. The predicted octanol–water partition coefficient (Wildman–Crippen LogP) is 3.23. The number of aromatic nitrogens is 1. The Labute approximate surface area is 113 Å². The predicted molar refractivity (Wildman–Crippen MR) is 72.3 cm³/mol. The zero-order valence-electron chi connectivity index (χ0n) is 10.1. The number of rotatable bonds is 3. The van der Waals surface area contributed by atoms with Gasteiger partial charge in [-0.25, -0.2) is 4.98 Å². The normalized spacial score (nSPS) is 10.2. The number of hydrogen-bond acceptors (Lipinski definition) is 5. The minimum Gasteiger partial charge on any atom is -0.281 e. The maximum Gasteiger partial charge on any atom is 0.270 e. The Balaban J connectivity index is 2.28. The first-order valence-electron chi connectivity index (χ1n) is 5.46. The Bertz CT molecular complexity index is 629. The molecule has 0 amide bonds. The van der Waals surface area contributed by atoms with Crippen molar-refractivity contribution < 1.29 is 9.72 Å². The van der Waals surface area contributed by atoms with Crippen molar-refractivity contribution in [2.75, 3.05) is 0 Å². The molecule has 1 aromatic carbocycles. The molecule has 96 valence electrons. The van der Waals surface area contributed by atoms with Crippen LogP contribution in [0.1, 0.15) is 15.9 Å². The number of aryl methyl sites for hydroxylation is 1.